The minimum absolute atomic E-state index is 0.632. The normalized spacial score (nSPS) is 20.9. The summed E-state index contributed by atoms with van der Waals surface area (Å²) in [5, 5.41) is 3.66. The van der Waals surface area contributed by atoms with E-state index in [1.54, 1.807) is 0 Å². The van der Waals surface area contributed by atoms with Crippen molar-refractivity contribution in [2.24, 2.45) is 5.92 Å². The van der Waals surface area contributed by atoms with Gasteiger partial charge in [-0.05, 0) is 50.7 Å². The molecule has 1 aromatic carbocycles. The van der Waals surface area contributed by atoms with Gasteiger partial charge in [-0.2, -0.15) is 0 Å². The first-order valence-electron chi connectivity index (χ1n) is 7.52. The summed E-state index contributed by atoms with van der Waals surface area (Å²) in [5.74, 6) is 2.12. The number of para-hydroxylation sites is 2. The first kappa shape index (κ1) is 11.5. The van der Waals surface area contributed by atoms with E-state index < -0.39 is 0 Å². The summed E-state index contributed by atoms with van der Waals surface area (Å²) in [7, 11) is 0. The van der Waals surface area contributed by atoms with Gasteiger partial charge in [0.1, 0.15) is 5.82 Å². The van der Waals surface area contributed by atoms with Gasteiger partial charge in [0, 0.05) is 12.1 Å². The van der Waals surface area contributed by atoms with Crippen molar-refractivity contribution in [1.29, 1.82) is 0 Å². The number of fused-ring (bicyclic) bond motifs is 1. The van der Waals surface area contributed by atoms with E-state index in [2.05, 4.69) is 41.1 Å². The molecule has 1 aromatic heterocycles. The van der Waals surface area contributed by atoms with E-state index in [1.807, 2.05) is 0 Å². The highest BCUT2D eigenvalue weighted by Gasteiger charge is 2.30. The van der Waals surface area contributed by atoms with Crippen LogP contribution in [0.25, 0.3) is 11.0 Å². The average molecular weight is 255 g/mol. The fourth-order valence-electron chi connectivity index (χ4n) is 2.97. The minimum atomic E-state index is 0.632. The Morgan fingerprint density at radius 3 is 2.79 bits per heavy atom. The van der Waals surface area contributed by atoms with Crippen molar-refractivity contribution >= 4 is 11.0 Å². The van der Waals surface area contributed by atoms with Crippen LogP contribution >= 0.6 is 0 Å². The first-order valence-corrected chi connectivity index (χ1v) is 7.52. The largest absolute Gasteiger partial charge is 0.324 e. The highest BCUT2D eigenvalue weighted by molar-refractivity contribution is 5.76. The molecule has 2 aliphatic carbocycles. The summed E-state index contributed by atoms with van der Waals surface area (Å²) in [6, 6.07) is 9.85. The molecule has 3 heteroatoms. The standard InChI is InChI=1S/C16H21N3/c1-11(12-6-7-12)17-10-16-18-14-4-2-3-5-15(14)19(16)13-8-9-13/h2-5,11-13,17H,6-10H2,1H3. The van der Waals surface area contributed by atoms with Gasteiger partial charge in [-0.1, -0.05) is 12.1 Å². The molecule has 1 heterocycles. The molecule has 19 heavy (non-hydrogen) atoms. The predicted octanol–water partition coefficient (Wildman–Crippen LogP) is 3.26. The third kappa shape index (κ3) is 2.16. The van der Waals surface area contributed by atoms with Crippen molar-refractivity contribution in [3.05, 3.63) is 30.1 Å². The van der Waals surface area contributed by atoms with Crippen LogP contribution in [0.5, 0.6) is 0 Å². The van der Waals surface area contributed by atoms with Crippen molar-refractivity contribution in [1.82, 2.24) is 14.9 Å². The number of benzene rings is 1. The molecule has 2 saturated carbocycles. The number of nitrogens with one attached hydrogen (secondary N) is 1. The lowest BCUT2D eigenvalue weighted by atomic mass is 10.2. The fourth-order valence-corrected chi connectivity index (χ4v) is 2.97. The van der Waals surface area contributed by atoms with Gasteiger partial charge in [-0.25, -0.2) is 4.98 Å². The second kappa shape index (κ2) is 4.34. The minimum Gasteiger partial charge on any atom is -0.324 e. The maximum absolute atomic E-state index is 4.83. The Morgan fingerprint density at radius 1 is 1.26 bits per heavy atom. The third-order valence-corrected chi connectivity index (χ3v) is 4.49. The van der Waals surface area contributed by atoms with Crippen molar-refractivity contribution in [2.45, 2.75) is 51.2 Å². The maximum Gasteiger partial charge on any atom is 0.124 e. The quantitative estimate of drug-likeness (QED) is 0.888. The van der Waals surface area contributed by atoms with E-state index in [0.717, 1.165) is 18.0 Å². The zero-order valence-corrected chi connectivity index (χ0v) is 11.5. The Bertz CT molecular complexity index is 593. The van der Waals surface area contributed by atoms with Crippen molar-refractivity contribution in [3.63, 3.8) is 0 Å². The number of rotatable bonds is 5. The number of nitrogens with zero attached hydrogens (tertiary/aromatic N) is 2. The van der Waals surface area contributed by atoms with Crippen LogP contribution in [0.1, 0.15) is 44.5 Å². The molecule has 0 aliphatic heterocycles. The topological polar surface area (TPSA) is 29.9 Å². The molecular formula is C16H21N3. The molecular weight excluding hydrogens is 234 g/mol. The molecule has 1 N–H and O–H groups in total. The third-order valence-electron chi connectivity index (χ3n) is 4.49. The molecule has 0 saturated heterocycles. The first-order chi connectivity index (χ1) is 9.33. The number of imidazole rings is 1. The zero-order chi connectivity index (χ0) is 12.8. The highest BCUT2D eigenvalue weighted by atomic mass is 15.2. The second-order valence-electron chi connectivity index (χ2n) is 6.12. The van der Waals surface area contributed by atoms with E-state index in [0.29, 0.717) is 12.1 Å². The van der Waals surface area contributed by atoms with E-state index in [4.69, 9.17) is 4.98 Å². The van der Waals surface area contributed by atoms with Crippen LogP contribution in [0, 0.1) is 5.92 Å². The monoisotopic (exact) mass is 255 g/mol. The van der Waals surface area contributed by atoms with Crippen LogP contribution in [0.2, 0.25) is 0 Å². The lowest BCUT2D eigenvalue weighted by Crippen LogP contribution is -2.28. The Balaban J connectivity index is 1.62. The summed E-state index contributed by atoms with van der Waals surface area (Å²) in [6.45, 7) is 3.21. The van der Waals surface area contributed by atoms with Crippen LogP contribution in [-0.2, 0) is 6.54 Å². The maximum atomic E-state index is 4.83. The van der Waals surface area contributed by atoms with Crippen LogP contribution in [-0.4, -0.2) is 15.6 Å². The van der Waals surface area contributed by atoms with Crippen LogP contribution in [0.3, 0.4) is 0 Å². The van der Waals surface area contributed by atoms with Gasteiger partial charge in [-0.15, -0.1) is 0 Å². The highest BCUT2D eigenvalue weighted by Crippen LogP contribution is 2.38. The SMILES string of the molecule is CC(NCc1nc2ccccc2n1C1CC1)C1CC1. The lowest BCUT2D eigenvalue weighted by molar-refractivity contribution is 0.479. The molecule has 1 unspecified atom stereocenters. The average Bonchev–Trinajstić information content (AvgIpc) is 3.31. The summed E-state index contributed by atoms with van der Waals surface area (Å²) in [5.41, 5.74) is 2.45. The molecule has 0 amide bonds. The zero-order valence-electron chi connectivity index (χ0n) is 11.5. The molecule has 0 radical (unpaired) electrons. The molecule has 2 fully saturated rings. The molecule has 2 aliphatic rings. The van der Waals surface area contributed by atoms with Crippen molar-refractivity contribution < 1.29 is 0 Å². The Labute approximate surface area is 114 Å². The van der Waals surface area contributed by atoms with E-state index in [9.17, 15) is 0 Å². The molecule has 2 aromatic rings. The fraction of sp³-hybridized carbons (Fsp3) is 0.562. The number of hydrogen-bond acceptors (Lipinski definition) is 2. The van der Waals surface area contributed by atoms with Crippen molar-refractivity contribution in [3.8, 4) is 0 Å². The van der Waals surface area contributed by atoms with Crippen molar-refractivity contribution in [2.75, 3.05) is 0 Å². The molecule has 0 spiro atoms. The molecule has 1 atom stereocenters. The van der Waals surface area contributed by atoms with Gasteiger partial charge < -0.3 is 9.88 Å². The summed E-state index contributed by atoms with van der Waals surface area (Å²) in [6.07, 6.45) is 5.41. The van der Waals surface area contributed by atoms with Gasteiger partial charge in [-0.3, -0.25) is 0 Å². The van der Waals surface area contributed by atoms with E-state index in [-0.39, 0.29) is 0 Å². The second-order valence-corrected chi connectivity index (χ2v) is 6.12. The molecule has 4 rings (SSSR count). The van der Waals surface area contributed by atoms with E-state index >= 15 is 0 Å². The van der Waals surface area contributed by atoms with Gasteiger partial charge >= 0.3 is 0 Å². The van der Waals surface area contributed by atoms with E-state index in [1.165, 1.54) is 37.0 Å². The van der Waals surface area contributed by atoms with Gasteiger partial charge in [0.15, 0.2) is 0 Å². The van der Waals surface area contributed by atoms with Gasteiger partial charge in [0.05, 0.1) is 17.6 Å². The van der Waals surface area contributed by atoms with Gasteiger partial charge in [0.25, 0.3) is 0 Å². The smallest absolute Gasteiger partial charge is 0.124 e. The summed E-state index contributed by atoms with van der Waals surface area (Å²) < 4.78 is 2.46. The Kier molecular flexibility index (Phi) is 2.62. The lowest BCUT2D eigenvalue weighted by Gasteiger charge is -2.13. The Morgan fingerprint density at radius 2 is 2.05 bits per heavy atom. The molecule has 100 valence electrons. The molecule has 3 nitrogen and oxygen atoms in total. The summed E-state index contributed by atoms with van der Waals surface area (Å²) >= 11 is 0. The van der Waals surface area contributed by atoms with Gasteiger partial charge in [0.2, 0.25) is 0 Å². The van der Waals surface area contributed by atoms with Crippen LogP contribution in [0.15, 0.2) is 24.3 Å². The predicted molar refractivity (Wildman–Crippen MR) is 77.0 cm³/mol. The molecule has 0 bridgehead atoms. The van der Waals surface area contributed by atoms with Crippen LogP contribution in [0.4, 0.5) is 0 Å². The number of hydrogen-bond donors (Lipinski definition) is 1. The summed E-state index contributed by atoms with van der Waals surface area (Å²) in [4.78, 5) is 4.83. The Hall–Kier alpha value is -1.35. The van der Waals surface area contributed by atoms with Crippen LogP contribution < -0.4 is 5.32 Å². The number of aromatic nitrogens is 2.